The average Bonchev–Trinajstić information content (AvgIpc) is 3.00. The third-order valence-electron chi connectivity index (χ3n) is 4.46. The molecule has 0 radical (unpaired) electrons. The van der Waals surface area contributed by atoms with Gasteiger partial charge in [-0.15, -0.1) is 0 Å². The van der Waals surface area contributed by atoms with Crippen molar-refractivity contribution in [3.63, 3.8) is 0 Å². The highest BCUT2D eigenvalue weighted by Gasteiger charge is 2.41. The van der Waals surface area contributed by atoms with E-state index in [2.05, 4.69) is 43.1 Å². The quantitative estimate of drug-likeness (QED) is 0.786. The number of hydrazone groups is 1. The van der Waals surface area contributed by atoms with Crippen molar-refractivity contribution in [2.75, 3.05) is 0 Å². The molecule has 2 unspecified atom stereocenters. The van der Waals surface area contributed by atoms with Gasteiger partial charge in [0.2, 0.25) is 0 Å². The van der Waals surface area contributed by atoms with Gasteiger partial charge in [-0.25, -0.2) is 5.01 Å². The molecule has 0 saturated carbocycles. The molecule has 118 valence electrons. The van der Waals surface area contributed by atoms with Gasteiger partial charge in [-0.3, -0.25) is 0 Å². The Labute approximate surface area is 141 Å². The number of nitrogens with zero attached hydrogens (tertiary/aromatic N) is 2. The summed E-state index contributed by atoms with van der Waals surface area (Å²) in [7, 11) is 0. The largest absolute Gasteiger partial charge is 0.468 e. The first-order chi connectivity index (χ1) is 11.1. The van der Waals surface area contributed by atoms with Gasteiger partial charge in [0.25, 0.3) is 0 Å². The van der Waals surface area contributed by atoms with Crippen molar-refractivity contribution in [1.82, 2.24) is 5.01 Å². The number of ether oxygens (including phenoxy) is 1. The fourth-order valence-corrected chi connectivity index (χ4v) is 3.51. The molecule has 2 aromatic rings. The molecule has 0 aliphatic carbocycles. The van der Waals surface area contributed by atoms with Crippen LogP contribution in [0, 0.1) is 5.92 Å². The average molecular weight is 327 g/mol. The highest BCUT2D eigenvalue weighted by Crippen LogP contribution is 2.45. The van der Waals surface area contributed by atoms with E-state index < -0.39 is 0 Å². The Morgan fingerprint density at radius 2 is 1.96 bits per heavy atom. The minimum atomic E-state index is -0.0464. The summed E-state index contributed by atoms with van der Waals surface area (Å²) in [6.45, 7) is 4.33. The summed E-state index contributed by atoms with van der Waals surface area (Å²) in [4.78, 5) is 0. The van der Waals surface area contributed by atoms with Gasteiger partial charge in [0, 0.05) is 22.9 Å². The van der Waals surface area contributed by atoms with Crippen LogP contribution in [0.15, 0.2) is 53.6 Å². The van der Waals surface area contributed by atoms with Crippen molar-refractivity contribution in [2.45, 2.75) is 32.5 Å². The Balaban J connectivity index is 1.77. The maximum absolute atomic E-state index is 6.21. The Kier molecular flexibility index (Phi) is 3.53. The lowest BCUT2D eigenvalue weighted by Gasteiger charge is -2.40. The summed E-state index contributed by atoms with van der Waals surface area (Å²) >= 11 is 6.21. The molecule has 2 aliphatic rings. The second-order valence-electron chi connectivity index (χ2n) is 6.45. The smallest absolute Gasteiger partial charge is 0.190 e. The Hall–Kier alpha value is -2.00. The monoisotopic (exact) mass is 326 g/mol. The molecule has 4 rings (SSSR count). The summed E-state index contributed by atoms with van der Waals surface area (Å²) in [5, 5.41) is 7.75. The number of rotatable bonds is 2. The van der Waals surface area contributed by atoms with E-state index in [4.69, 9.17) is 21.4 Å². The second-order valence-corrected chi connectivity index (χ2v) is 6.88. The number of hydrogen-bond donors (Lipinski definition) is 0. The van der Waals surface area contributed by atoms with Crippen molar-refractivity contribution in [3.8, 4) is 5.75 Å². The zero-order valence-corrected chi connectivity index (χ0v) is 14.0. The van der Waals surface area contributed by atoms with Crippen molar-refractivity contribution in [1.29, 1.82) is 0 Å². The standard InChI is InChI=1S/C19H19ClN2O/c1-12(2)19-22-17(15-10-14(20)8-9-18(15)23-19)11-16(21-22)13-6-4-3-5-7-13/h3-10,12,17,19H,11H2,1-2H3. The molecule has 2 heterocycles. The molecule has 2 aromatic carbocycles. The molecule has 2 aliphatic heterocycles. The molecule has 0 saturated heterocycles. The Morgan fingerprint density at radius 1 is 1.17 bits per heavy atom. The number of fused-ring (bicyclic) bond motifs is 3. The molecule has 0 bridgehead atoms. The first-order valence-electron chi connectivity index (χ1n) is 8.01. The molecule has 23 heavy (non-hydrogen) atoms. The van der Waals surface area contributed by atoms with Crippen molar-refractivity contribution >= 4 is 17.3 Å². The fourth-order valence-electron chi connectivity index (χ4n) is 3.33. The van der Waals surface area contributed by atoms with Crippen LogP contribution in [0.4, 0.5) is 0 Å². The van der Waals surface area contributed by atoms with Gasteiger partial charge < -0.3 is 4.74 Å². The predicted octanol–water partition coefficient (Wildman–Crippen LogP) is 4.87. The van der Waals surface area contributed by atoms with E-state index in [9.17, 15) is 0 Å². The lowest BCUT2D eigenvalue weighted by Crippen LogP contribution is -2.43. The van der Waals surface area contributed by atoms with Crippen molar-refractivity contribution in [3.05, 3.63) is 64.7 Å². The van der Waals surface area contributed by atoms with Gasteiger partial charge in [-0.1, -0.05) is 55.8 Å². The lowest BCUT2D eigenvalue weighted by atomic mass is 9.95. The van der Waals surface area contributed by atoms with E-state index in [0.29, 0.717) is 5.92 Å². The summed E-state index contributed by atoms with van der Waals surface area (Å²) in [5.41, 5.74) is 3.41. The summed E-state index contributed by atoms with van der Waals surface area (Å²) in [5.74, 6) is 1.28. The zero-order chi connectivity index (χ0) is 16.0. The fraction of sp³-hybridized carbons (Fsp3) is 0.316. The molecule has 0 fully saturated rings. The first kappa shape index (κ1) is 14.6. The third kappa shape index (κ3) is 2.49. The molecule has 0 amide bonds. The van der Waals surface area contributed by atoms with E-state index in [-0.39, 0.29) is 12.3 Å². The van der Waals surface area contributed by atoms with Gasteiger partial charge in [0.15, 0.2) is 6.23 Å². The van der Waals surface area contributed by atoms with Gasteiger partial charge in [-0.2, -0.15) is 5.10 Å². The number of halogens is 1. The van der Waals surface area contributed by atoms with E-state index in [0.717, 1.165) is 28.5 Å². The van der Waals surface area contributed by atoms with Crippen LogP contribution in [0.3, 0.4) is 0 Å². The number of benzene rings is 2. The van der Waals surface area contributed by atoms with Crippen LogP contribution in [0.25, 0.3) is 0 Å². The molecule has 0 aromatic heterocycles. The maximum Gasteiger partial charge on any atom is 0.190 e. The van der Waals surface area contributed by atoms with Crippen LogP contribution in [-0.2, 0) is 0 Å². The topological polar surface area (TPSA) is 24.8 Å². The highest BCUT2D eigenvalue weighted by molar-refractivity contribution is 6.30. The second kappa shape index (κ2) is 5.57. The van der Waals surface area contributed by atoms with Crippen LogP contribution >= 0.6 is 11.6 Å². The van der Waals surface area contributed by atoms with Crippen LogP contribution in [0.1, 0.15) is 37.4 Å². The predicted molar refractivity (Wildman–Crippen MR) is 92.9 cm³/mol. The van der Waals surface area contributed by atoms with Crippen LogP contribution in [0.2, 0.25) is 5.02 Å². The van der Waals surface area contributed by atoms with E-state index in [1.54, 1.807) is 0 Å². The molecule has 0 N–H and O–H groups in total. The summed E-state index contributed by atoms with van der Waals surface area (Å²) < 4.78 is 6.21. The van der Waals surface area contributed by atoms with Crippen LogP contribution in [-0.4, -0.2) is 16.9 Å². The SMILES string of the molecule is CC(C)C1Oc2ccc(Cl)cc2C2CC(c3ccccc3)=NN21. The van der Waals surface area contributed by atoms with E-state index in [1.807, 2.05) is 24.3 Å². The Bertz CT molecular complexity index is 757. The molecule has 3 nitrogen and oxygen atoms in total. The summed E-state index contributed by atoms with van der Waals surface area (Å²) in [6.07, 6.45) is 0.833. The molecular formula is C19H19ClN2O. The molecule has 2 atom stereocenters. The van der Waals surface area contributed by atoms with E-state index >= 15 is 0 Å². The lowest BCUT2D eigenvalue weighted by molar-refractivity contribution is -0.0461. The molecule has 4 heteroatoms. The minimum absolute atomic E-state index is 0.0464. The molecular weight excluding hydrogens is 308 g/mol. The Morgan fingerprint density at radius 3 is 2.70 bits per heavy atom. The van der Waals surface area contributed by atoms with Crippen LogP contribution < -0.4 is 4.74 Å². The van der Waals surface area contributed by atoms with Gasteiger partial charge in [0.05, 0.1) is 11.8 Å². The minimum Gasteiger partial charge on any atom is -0.468 e. The van der Waals surface area contributed by atoms with Gasteiger partial charge in [-0.05, 0) is 23.8 Å². The third-order valence-corrected chi connectivity index (χ3v) is 4.69. The number of hydrogen-bond acceptors (Lipinski definition) is 3. The summed E-state index contributed by atoms with van der Waals surface area (Å²) in [6, 6.07) is 16.4. The normalized spacial score (nSPS) is 22.4. The van der Waals surface area contributed by atoms with Crippen LogP contribution in [0.5, 0.6) is 5.75 Å². The van der Waals surface area contributed by atoms with Crippen molar-refractivity contribution in [2.24, 2.45) is 11.0 Å². The first-order valence-corrected chi connectivity index (χ1v) is 8.38. The zero-order valence-electron chi connectivity index (χ0n) is 13.2. The molecule has 0 spiro atoms. The van der Waals surface area contributed by atoms with Gasteiger partial charge >= 0.3 is 0 Å². The van der Waals surface area contributed by atoms with Crippen molar-refractivity contribution < 1.29 is 4.74 Å². The van der Waals surface area contributed by atoms with Gasteiger partial charge in [0.1, 0.15) is 5.75 Å². The highest BCUT2D eigenvalue weighted by atomic mass is 35.5. The maximum atomic E-state index is 6.21. The van der Waals surface area contributed by atoms with E-state index in [1.165, 1.54) is 5.56 Å².